The maximum absolute atomic E-state index is 12.9. The molecule has 204 valence electrons. The smallest absolute Gasteiger partial charge is 0.326 e. The lowest BCUT2D eigenvalue weighted by molar-refractivity contribution is -0.143. The van der Waals surface area contributed by atoms with Crippen LogP contribution in [0.3, 0.4) is 0 Å². The lowest BCUT2D eigenvalue weighted by Gasteiger charge is -2.25. The summed E-state index contributed by atoms with van der Waals surface area (Å²) in [4.78, 5) is 82.2. The Kier molecular flexibility index (Phi) is 15.5. The number of amides is 4. The summed E-state index contributed by atoms with van der Waals surface area (Å²) in [7, 11) is 0. The zero-order chi connectivity index (χ0) is 27.8. The summed E-state index contributed by atoms with van der Waals surface area (Å²) in [5, 5.41) is 34.0. The molecule has 16 heteroatoms. The van der Waals surface area contributed by atoms with Crippen molar-refractivity contribution in [3.05, 3.63) is 0 Å². The molecule has 0 aromatic rings. The van der Waals surface area contributed by atoms with Gasteiger partial charge in [-0.3, -0.25) is 28.8 Å². The minimum atomic E-state index is -1.49. The van der Waals surface area contributed by atoms with Gasteiger partial charge < -0.3 is 42.7 Å². The summed E-state index contributed by atoms with van der Waals surface area (Å²) in [6, 6.07) is -5.49. The van der Waals surface area contributed by atoms with Gasteiger partial charge in [0.05, 0.1) is 6.04 Å². The number of hydrogen-bond acceptors (Lipinski definition) is 9. The summed E-state index contributed by atoms with van der Waals surface area (Å²) >= 11 is 1.35. The molecule has 0 saturated heterocycles. The third-order valence-corrected chi connectivity index (χ3v) is 5.47. The number of rotatable bonds is 19. The number of primary amides is 1. The number of nitrogens with two attached hydrogens (primary N) is 2. The minimum absolute atomic E-state index is 0.0717. The van der Waals surface area contributed by atoms with E-state index in [0.717, 1.165) is 0 Å². The number of carbonyl (C=O) groups excluding carboxylic acids is 4. The van der Waals surface area contributed by atoms with E-state index >= 15 is 0 Å². The number of thioether (sulfide) groups is 1. The first-order valence-corrected chi connectivity index (χ1v) is 12.3. The van der Waals surface area contributed by atoms with Gasteiger partial charge in [-0.2, -0.15) is 11.8 Å². The third-order valence-electron chi connectivity index (χ3n) is 4.82. The van der Waals surface area contributed by atoms with Gasteiger partial charge in [0, 0.05) is 19.3 Å². The Balaban J connectivity index is 5.59. The number of nitrogens with one attached hydrogen (secondary N) is 3. The maximum atomic E-state index is 12.9. The molecule has 0 saturated carbocycles. The van der Waals surface area contributed by atoms with Crippen LogP contribution in [0, 0.1) is 0 Å². The molecule has 15 nitrogen and oxygen atoms in total. The molecule has 0 radical (unpaired) electrons. The standard InChI is InChI=1S/C20H33N5O10S/c1-36-9-8-13(20(34)35)25-19(33)12(4-7-16(29)30)24-18(32)11(3-6-15(27)28)23-17(31)10(21)2-5-14(22)26/h10-13H,2-9,21H2,1H3,(H2,22,26)(H,23,31)(H,24,32)(H,25,33)(H,27,28)(H,29,30)(H,34,35). The summed E-state index contributed by atoms with van der Waals surface area (Å²) in [6.07, 6.45) is -0.427. The SMILES string of the molecule is CSCCC(NC(=O)C(CCC(=O)O)NC(=O)C(CCC(=O)O)NC(=O)C(N)CCC(N)=O)C(=O)O. The average molecular weight is 536 g/mol. The van der Waals surface area contributed by atoms with Crippen LogP contribution >= 0.6 is 11.8 Å². The van der Waals surface area contributed by atoms with Crippen molar-refractivity contribution in [3.8, 4) is 0 Å². The first-order valence-electron chi connectivity index (χ1n) is 10.9. The Bertz CT molecular complexity index is 825. The Morgan fingerprint density at radius 1 is 0.694 bits per heavy atom. The molecule has 10 N–H and O–H groups in total. The van der Waals surface area contributed by atoms with Crippen LogP contribution in [0.25, 0.3) is 0 Å². The fourth-order valence-corrected chi connectivity index (χ4v) is 3.29. The summed E-state index contributed by atoms with van der Waals surface area (Å²) in [5.41, 5.74) is 10.7. The van der Waals surface area contributed by atoms with Crippen molar-refractivity contribution in [3.63, 3.8) is 0 Å². The van der Waals surface area contributed by atoms with Gasteiger partial charge >= 0.3 is 17.9 Å². The second kappa shape index (κ2) is 17.1. The van der Waals surface area contributed by atoms with Gasteiger partial charge in [-0.05, 0) is 37.7 Å². The molecule has 0 spiro atoms. The van der Waals surface area contributed by atoms with E-state index in [2.05, 4.69) is 16.0 Å². The van der Waals surface area contributed by atoms with E-state index in [-0.39, 0.29) is 19.3 Å². The first kappa shape index (κ1) is 32.6. The van der Waals surface area contributed by atoms with Gasteiger partial charge in [-0.15, -0.1) is 0 Å². The van der Waals surface area contributed by atoms with Crippen molar-refractivity contribution in [2.45, 2.75) is 69.1 Å². The van der Waals surface area contributed by atoms with Crippen molar-refractivity contribution in [2.24, 2.45) is 11.5 Å². The summed E-state index contributed by atoms with van der Waals surface area (Å²) in [6.45, 7) is 0. The number of hydrogen-bond donors (Lipinski definition) is 8. The quantitative estimate of drug-likeness (QED) is 0.0860. The van der Waals surface area contributed by atoms with Crippen molar-refractivity contribution in [1.82, 2.24) is 16.0 Å². The largest absolute Gasteiger partial charge is 0.481 e. The predicted molar refractivity (Wildman–Crippen MR) is 127 cm³/mol. The van der Waals surface area contributed by atoms with Gasteiger partial charge in [0.2, 0.25) is 23.6 Å². The van der Waals surface area contributed by atoms with Gasteiger partial charge in [0.1, 0.15) is 18.1 Å². The van der Waals surface area contributed by atoms with Crippen LogP contribution in [0.2, 0.25) is 0 Å². The predicted octanol–water partition coefficient (Wildman–Crippen LogP) is -2.40. The van der Waals surface area contributed by atoms with Crippen molar-refractivity contribution >= 4 is 53.3 Å². The second-order valence-corrected chi connectivity index (χ2v) is 8.77. The van der Waals surface area contributed by atoms with Gasteiger partial charge in [0.25, 0.3) is 0 Å². The second-order valence-electron chi connectivity index (χ2n) is 7.78. The fourth-order valence-electron chi connectivity index (χ4n) is 2.82. The highest BCUT2D eigenvalue weighted by molar-refractivity contribution is 7.98. The van der Waals surface area contributed by atoms with Crippen LogP contribution in [0.5, 0.6) is 0 Å². The molecule has 0 aromatic heterocycles. The highest BCUT2D eigenvalue weighted by Gasteiger charge is 2.31. The monoisotopic (exact) mass is 535 g/mol. The topological polar surface area (TPSA) is 268 Å². The molecule has 0 rings (SSSR count). The number of carboxylic acids is 3. The molecule has 0 aromatic carbocycles. The zero-order valence-electron chi connectivity index (χ0n) is 19.7. The van der Waals surface area contributed by atoms with E-state index in [0.29, 0.717) is 5.75 Å². The van der Waals surface area contributed by atoms with E-state index in [4.69, 9.17) is 21.7 Å². The Labute approximate surface area is 211 Å². The lowest BCUT2D eigenvalue weighted by Crippen LogP contribution is -2.57. The van der Waals surface area contributed by atoms with Crippen LogP contribution in [0.15, 0.2) is 0 Å². The molecule has 4 unspecified atom stereocenters. The minimum Gasteiger partial charge on any atom is -0.481 e. The molecule has 0 heterocycles. The molecular weight excluding hydrogens is 502 g/mol. The highest BCUT2D eigenvalue weighted by Crippen LogP contribution is 2.07. The van der Waals surface area contributed by atoms with Crippen LogP contribution in [0.1, 0.15) is 44.9 Å². The maximum Gasteiger partial charge on any atom is 0.326 e. The van der Waals surface area contributed by atoms with Crippen LogP contribution < -0.4 is 27.4 Å². The molecule has 0 aliphatic rings. The average Bonchev–Trinajstić information content (AvgIpc) is 2.79. The first-order chi connectivity index (χ1) is 16.8. The summed E-state index contributed by atoms with van der Waals surface area (Å²) in [5.74, 6) is -7.03. The highest BCUT2D eigenvalue weighted by atomic mass is 32.2. The van der Waals surface area contributed by atoms with Gasteiger partial charge in [-0.1, -0.05) is 0 Å². The molecule has 0 fully saturated rings. The Morgan fingerprint density at radius 3 is 1.53 bits per heavy atom. The van der Waals surface area contributed by atoms with Crippen LogP contribution in [-0.4, -0.2) is 93.0 Å². The van der Waals surface area contributed by atoms with Gasteiger partial charge in [-0.25, -0.2) is 4.79 Å². The van der Waals surface area contributed by atoms with Crippen molar-refractivity contribution in [2.75, 3.05) is 12.0 Å². The lowest BCUT2D eigenvalue weighted by atomic mass is 10.1. The number of aliphatic carboxylic acids is 3. The van der Waals surface area contributed by atoms with E-state index in [9.17, 15) is 38.7 Å². The van der Waals surface area contributed by atoms with E-state index in [1.807, 2.05) is 0 Å². The van der Waals surface area contributed by atoms with Crippen LogP contribution in [0.4, 0.5) is 0 Å². The normalized spacial score (nSPS) is 13.9. The molecule has 4 amide bonds. The Morgan fingerprint density at radius 2 is 1.14 bits per heavy atom. The van der Waals surface area contributed by atoms with E-state index in [1.165, 1.54) is 11.8 Å². The van der Waals surface area contributed by atoms with Crippen molar-refractivity contribution in [1.29, 1.82) is 0 Å². The number of carboxylic acid groups (broad SMARTS) is 3. The molecule has 0 bridgehead atoms. The molecule has 4 atom stereocenters. The molecule has 0 aliphatic heterocycles. The van der Waals surface area contributed by atoms with Crippen molar-refractivity contribution < 1.29 is 48.9 Å². The molecular formula is C20H33N5O10S. The van der Waals surface area contributed by atoms with Crippen LogP contribution in [-0.2, 0) is 33.6 Å². The van der Waals surface area contributed by atoms with E-state index in [1.54, 1.807) is 6.26 Å². The Hall–Kier alpha value is -3.40. The summed E-state index contributed by atoms with van der Waals surface area (Å²) < 4.78 is 0. The van der Waals surface area contributed by atoms with Gasteiger partial charge in [0.15, 0.2) is 0 Å². The fraction of sp³-hybridized carbons (Fsp3) is 0.650. The third kappa shape index (κ3) is 14.1. The number of carbonyl (C=O) groups is 7. The zero-order valence-corrected chi connectivity index (χ0v) is 20.5. The molecule has 36 heavy (non-hydrogen) atoms. The van der Waals surface area contributed by atoms with E-state index < -0.39 is 91.4 Å². The molecule has 0 aliphatic carbocycles.